The summed E-state index contributed by atoms with van der Waals surface area (Å²) in [5.74, 6) is 0.946. The number of hydrogen-bond donors (Lipinski definition) is 2. The molecule has 1 aliphatic rings. The lowest BCUT2D eigenvalue weighted by Crippen LogP contribution is -2.47. The van der Waals surface area contributed by atoms with Crippen LogP contribution >= 0.6 is 0 Å². The van der Waals surface area contributed by atoms with Gasteiger partial charge in [0.15, 0.2) is 0 Å². The number of morpholine rings is 1. The summed E-state index contributed by atoms with van der Waals surface area (Å²) in [6.45, 7) is 7.74. The van der Waals surface area contributed by atoms with Crippen molar-refractivity contribution in [2.75, 3.05) is 39.5 Å². The molecule has 0 aliphatic carbocycles. The number of hydrogen-bond acceptors (Lipinski definition) is 3. The van der Waals surface area contributed by atoms with Crippen LogP contribution in [0.15, 0.2) is 0 Å². The van der Waals surface area contributed by atoms with Crippen molar-refractivity contribution < 1.29 is 14.6 Å². The molecular weight excluding hydrogens is 232 g/mol. The van der Waals surface area contributed by atoms with Gasteiger partial charge in [-0.05, 0) is 24.7 Å². The average molecular weight is 258 g/mol. The molecule has 5 heteroatoms. The molecule has 1 heterocycles. The third-order valence-corrected chi connectivity index (χ3v) is 3.18. The predicted molar refractivity (Wildman–Crippen MR) is 70.4 cm³/mol. The molecule has 1 atom stereocenters. The number of carbonyl (C=O) groups is 1. The van der Waals surface area contributed by atoms with Crippen LogP contribution in [0.2, 0.25) is 0 Å². The van der Waals surface area contributed by atoms with Crippen molar-refractivity contribution in [3.05, 3.63) is 0 Å². The highest BCUT2D eigenvalue weighted by atomic mass is 16.5. The monoisotopic (exact) mass is 258 g/mol. The first-order chi connectivity index (χ1) is 8.63. The molecule has 0 bridgehead atoms. The number of amides is 2. The normalized spacial score (nSPS) is 17.9. The number of urea groups is 1. The Labute approximate surface area is 109 Å². The minimum absolute atomic E-state index is 0.00926. The van der Waals surface area contributed by atoms with Crippen molar-refractivity contribution in [1.82, 2.24) is 10.2 Å². The fourth-order valence-electron chi connectivity index (χ4n) is 2.26. The minimum Gasteiger partial charge on any atom is -0.396 e. The standard InChI is InChI=1S/C13H26N2O3/c1-11(2)9-12(3-6-16)10-14-13(17)15-4-7-18-8-5-15/h11-12,16H,3-10H2,1-2H3,(H,14,17). The van der Waals surface area contributed by atoms with Crippen molar-refractivity contribution in [3.63, 3.8) is 0 Å². The first kappa shape index (κ1) is 15.2. The van der Waals surface area contributed by atoms with Gasteiger partial charge in [-0.1, -0.05) is 13.8 Å². The van der Waals surface area contributed by atoms with E-state index < -0.39 is 0 Å². The highest BCUT2D eigenvalue weighted by molar-refractivity contribution is 5.74. The topological polar surface area (TPSA) is 61.8 Å². The molecule has 0 aromatic heterocycles. The number of aliphatic hydroxyl groups excluding tert-OH is 1. The fraction of sp³-hybridized carbons (Fsp3) is 0.923. The summed E-state index contributed by atoms with van der Waals surface area (Å²) < 4.78 is 5.21. The van der Waals surface area contributed by atoms with E-state index in [1.165, 1.54) is 0 Å². The summed E-state index contributed by atoms with van der Waals surface area (Å²) in [4.78, 5) is 13.7. The van der Waals surface area contributed by atoms with Gasteiger partial charge in [-0.25, -0.2) is 4.79 Å². The van der Waals surface area contributed by atoms with E-state index in [4.69, 9.17) is 9.84 Å². The summed E-state index contributed by atoms with van der Waals surface area (Å²) in [7, 11) is 0. The summed E-state index contributed by atoms with van der Waals surface area (Å²) in [5.41, 5.74) is 0. The zero-order valence-corrected chi connectivity index (χ0v) is 11.5. The Morgan fingerprint density at radius 1 is 1.39 bits per heavy atom. The van der Waals surface area contributed by atoms with Gasteiger partial charge in [-0.15, -0.1) is 0 Å². The molecule has 1 rings (SSSR count). The molecule has 1 fully saturated rings. The molecule has 0 spiro atoms. The van der Waals surface area contributed by atoms with E-state index in [-0.39, 0.29) is 12.6 Å². The van der Waals surface area contributed by atoms with Crippen LogP contribution in [0, 0.1) is 11.8 Å². The molecule has 106 valence electrons. The highest BCUT2D eigenvalue weighted by Gasteiger charge is 2.18. The molecule has 1 saturated heterocycles. The highest BCUT2D eigenvalue weighted by Crippen LogP contribution is 2.14. The van der Waals surface area contributed by atoms with E-state index >= 15 is 0 Å². The second kappa shape index (κ2) is 8.32. The number of rotatable bonds is 6. The van der Waals surface area contributed by atoms with E-state index in [1.54, 1.807) is 4.90 Å². The minimum atomic E-state index is -0.00926. The first-order valence-corrected chi connectivity index (χ1v) is 6.85. The summed E-state index contributed by atoms with van der Waals surface area (Å²) in [6.07, 6.45) is 1.78. The van der Waals surface area contributed by atoms with Gasteiger partial charge in [-0.2, -0.15) is 0 Å². The zero-order valence-electron chi connectivity index (χ0n) is 11.5. The van der Waals surface area contributed by atoms with Crippen LogP contribution in [-0.2, 0) is 4.74 Å². The Hall–Kier alpha value is -0.810. The van der Waals surface area contributed by atoms with Gasteiger partial charge in [0, 0.05) is 26.2 Å². The van der Waals surface area contributed by atoms with Gasteiger partial charge in [0.2, 0.25) is 0 Å². The third kappa shape index (κ3) is 5.69. The number of ether oxygens (including phenoxy) is 1. The molecule has 1 unspecified atom stereocenters. The number of nitrogens with one attached hydrogen (secondary N) is 1. The second-order valence-electron chi connectivity index (χ2n) is 5.29. The van der Waals surface area contributed by atoms with E-state index in [2.05, 4.69) is 19.2 Å². The molecule has 0 radical (unpaired) electrons. The number of nitrogens with zero attached hydrogens (tertiary/aromatic N) is 1. The largest absolute Gasteiger partial charge is 0.396 e. The SMILES string of the molecule is CC(C)CC(CCO)CNC(=O)N1CCOCC1. The quantitative estimate of drug-likeness (QED) is 0.749. The van der Waals surface area contributed by atoms with Gasteiger partial charge in [-0.3, -0.25) is 0 Å². The smallest absolute Gasteiger partial charge is 0.317 e. The molecular formula is C13H26N2O3. The lowest BCUT2D eigenvalue weighted by atomic mass is 9.94. The van der Waals surface area contributed by atoms with Gasteiger partial charge < -0.3 is 20.1 Å². The Morgan fingerprint density at radius 3 is 2.61 bits per heavy atom. The van der Waals surface area contributed by atoms with Crippen LogP contribution in [-0.4, -0.2) is 55.5 Å². The molecule has 2 amide bonds. The predicted octanol–water partition coefficient (Wildman–Crippen LogP) is 1.07. The van der Waals surface area contributed by atoms with Gasteiger partial charge >= 0.3 is 6.03 Å². The lowest BCUT2D eigenvalue weighted by molar-refractivity contribution is 0.0528. The van der Waals surface area contributed by atoms with E-state index in [9.17, 15) is 4.79 Å². The number of carbonyl (C=O) groups excluding carboxylic acids is 1. The maximum atomic E-state index is 11.9. The Kier molecular flexibility index (Phi) is 7.05. The molecule has 1 aliphatic heterocycles. The van der Waals surface area contributed by atoms with Crippen LogP contribution in [0.25, 0.3) is 0 Å². The first-order valence-electron chi connectivity index (χ1n) is 6.85. The van der Waals surface area contributed by atoms with Gasteiger partial charge in [0.05, 0.1) is 13.2 Å². The molecule has 5 nitrogen and oxygen atoms in total. The molecule has 0 aromatic carbocycles. The number of aliphatic hydroxyl groups is 1. The fourth-order valence-corrected chi connectivity index (χ4v) is 2.26. The summed E-state index contributed by atoms with van der Waals surface area (Å²) in [6, 6.07) is -0.00926. The van der Waals surface area contributed by atoms with Crippen LogP contribution in [0.3, 0.4) is 0 Å². The van der Waals surface area contributed by atoms with Crippen LogP contribution in [0.1, 0.15) is 26.7 Å². The zero-order chi connectivity index (χ0) is 13.4. The maximum Gasteiger partial charge on any atom is 0.317 e. The van der Waals surface area contributed by atoms with E-state index in [0.29, 0.717) is 44.7 Å². The lowest BCUT2D eigenvalue weighted by Gasteiger charge is -2.28. The average Bonchev–Trinajstić information content (AvgIpc) is 2.36. The summed E-state index contributed by atoms with van der Waals surface area (Å²) in [5, 5.41) is 12.0. The van der Waals surface area contributed by atoms with Crippen molar-refractivity contribution in [2.45, 2.75) is 26.7 Å². The van der Waals surface area contributed by atoms with Crippen molar-refractivity contribution in [1.29, 1.82) is 0 Å². The van der Waals surface area contributed by atoms with Crippen LogP contribution in [0.5, 0.6) is 0 Å². The van der Waals surface area contributed by atoms with Gasteiger partial charge in [0.25, 0.3) is 0 Å². The van der Waals surface area contributed by atoms with Crippen LogP contribution in [0.4, 0.5) is 4.79 Å². The molecule has 0 saturated carbocycles. The summed E-state index contributed by atoms with van der Waals surface area (Å²) >= 11 is 0. The van der Waals surface area contributed by atoms with Crippen molar-refractivity contribution >= 4 is 6.03 Å². The molecule has 2 N–H and O–H groups in total. The Bertz CT molecular complexity index is 240. The Balaban J connectivity index is 2.28. The van der Waals surface area contributed by atoms with Crippen LogP contribution < -0.4 is 5.32 Å². The molecule has 18 heavy (non-hydrogen) atoms. The van der Waals surface area contributed by atoms with Crippen molar-refractivity contribution in [3.8, 4) is 0 Å². The van der Waals surface area contributed by atoms with Gasteiger partial charge in [0.1, 0.15) is 0 Å². The maximum absolute atomic E-state index is 11.9. The second-order valence-corrected chi connectivity index (χ2v) is 5.29. The van der Waals surface area contributed by atoms with Crippen molar-refractivity contribution in [2.24, 2.45) is 11.8 Å². The third-order valence-electron chi connectivity index (χ3n) is 3.18. The van der Waals surface area contributed by atoms with E-state index in [1.807, 2.05) is 0 Å². The molecule has 0 aromatic rings. The Morgan fingerprint density at radius 2 is 2.06 bits per heavy atom. The van der Waals surface area contributed by atoms with E-state index in [0.717, 1.165) is 12.8 Å².